The fourth-order valence-electron chi connectivity index (χ4n) is 2.08. The number of pyridine rings is 1. The van der Waals surface area contributed by atoms with Crippen LogP contribution in [-0.4, -0.2) is 12.1 Å². The average molecular weight is 257 g/mol. The molecule has 1 atom stereocenters. The third kappa shape index (κ3) is 3.03. The predicted octanol–water partition coefficient (Wildman–Crippen LogP) is 2.22. The number of benzene rings is 1. The number of nitrogens with zero attached hydrogens (tertiary/aromatic N) is 1. The lowest BCUT2D eigenvalue weighted by atomic mass is 9.98. The van der Waals surface area contributed by atoms with Crippen molar-refractivity contribution in [3.8, 4) is 5.75 Å². The topological polar surface area (TPSA) is 74.2 Å². The standard InChI is InChI=1S/C15H19N3O/c1-10-3-4-12(15(7-10)19-2)14(17)8-11-9-18-6-5-13(11)16/h3-7,9,14H,8,17H2,1-2H3,(H2,16,18). The zero-order chi connectivity index (χ0) is 13.8. The molecule has 4 N–H and O–H groups in total. The van der Waals surface area contributed by atoms with Crippen molar-refractivity contribution < 1.29 is 4.74 Å². The van der Waals surface area contributed by atoms with Gasteiger partial charge in [0, 0.05) is 29.7 Å². The Morgan fingerprint density at radius 2 is 2.11 bits per heavy atom. The molecule has 4 heteroatoms. The van der Waals surface area contributed by atoms with Crippen molar-refractivity contribution in [3.05, 3.63) is 53.3 Å². The van der Waals surface area contributed by atoms with E-state index in [-0.39, 0.29) is 6.04 Å². The van der Waals surface area contributed by atoms with Gasteiger partial charge in [0.2, 0.25) is 0 Å². The molecule has 0 saturated carbocycles. The highest BCUT2D eigenvalue weighted by Crippen LogP contribution is 2.28. The molecule has 0 fully saturated rings. The van der Waals surface area contributed by atoms with Crippen molar-refractivity contribution in [2.24, 2.45) is 5.73 Å². The summed E-state index contributed by atoms with van der Waals surface area (Å²) in [7, 11) is 1.66. The molecule has 0 aliphatic heterocycles. The van der Waals surface area contributed by atoms with Gasteiger partial charge in [-0.1, -0.05) is 12.1 Å². The first-order valence-corrected chi connectivity index (χ1v) is 6.20. The van der Waals surface area contributed by atoms with Crippen molar-refractivity contribution in [1.29, 1.82) is 0 Å². The third-order valence-electron chi connectivity index (χ3n) is 3.17. The fourth-order valence-corrected chi connectivity index (χ4v) is 2.08. The van der Waals surface area contributed by atoms with Crippen LogP contribution in [0.5, 0.6) is 5.75 Å². The maximum absolute atomic E-state index is 6.26. The van der Waals surface area contributed by atoms with Gasteiger partial charge in [-0.15, -0.1) is 0 Å². The van der Waals surface area contributed by atoms with Crippen LogP contribution in [0.15, 0.2) is 36.7 Å². The summed E-state index contributed by atoms with van der Waals surface area (Å²) in [6.07, 6.45) is 4.08. The highest BCUT2D eigenvalue weighted by Gasteiger charge is 2.14. The van der Waals surface area contributed by atoms with Crippen LogP contribution >= 0.6 is 0 Å². The number of rotatable bonds is 4. The molecule has 0 radical (unpaired) electrons. The molecular formula is C15H19N3O. The average Bonchev–Trinajstić information content (AvgIpc) is 2.41. The highest BCUT2D eigenvalue weighted by molar-refractivity contribution is 5.46. The van der Waals surface area contributed by atoms with Crippen molar-refractivity contribution in [3.63, 3.8) is 0 Å². The number of nitrogen functional groups attached to an aromatic ring is 1. The van der Waals surface area contributed by atoms with Crippen LogP contribution in [0.2, 0.25) is 0 Å². The monoisotopic (exact) mass is 257 g/mol. The van der Waals surface area contributed by atoms with Crippen LogP contribution in [0.1, 0.15) is 22.7 Å². The molecular weight excluding hydrogens is 238 g/mol. The summed E-state index contributed by atoms with van der Waals surface area (Å²) in [5.41, 5.74) is 16.0. The van der Waals surface area contributed by atoms with Gasteiger partial charge in [-0.25, -0.2) is 0 Å². The molecule has 2 rings (SSSR count). The van der Waals surface area contributed by atoms with Gasteiger partial charge in [-0.2, -0.15) is 0 Å². The molecule has 1 aromatic heterocycles. The number of methoxy groups -OCH3 is 1. The first-order valence-electron chi connectivity index (χ1n) is 6.20. The molecule has 19 heavy (non-hydrogen) atoms. The molecule has 0 spiro atoms. The van der Waals surface area contributed by atoms with Gasteiger partial charge in [0.1, 0.15) is 5.75 Å². The molecule has 4 nitrogen and oxygen atoms in total. The summed E-state index contributed by atoms with van der Waals surface area (Å²) < 4.78 is 5.39. The quantitative estimate of drug-likeness (QED) is 0.880. The van der Waals surface area contributed by atoms with Gasteiger partial charge in [0.15, 0.2) is 0 Å². The van der Waals surface area contributed by atoms with Gasteiger partial charge in [0.25, 0.3) is 0 Å². The molecule has 0 bridgehead atoms. The number of aryl methyl sites for hydroxylation is 1. The second kappa shape index (κ2) is 5.71. The Balaban J connectivity index is 2.25. The van der Waals surface area contributed by atoms with E-state index in [9.17, 15) is 0 Å². The Bertz CT molecular complexity index is 569. The molecule has 100 valence electrons. The summed E-state index contributed by atoms with van der Waals surface area (Å²) in [5.74, 6) is 0.815. The number of anilines is 1. The van der Waals surface area contributed by atoms with Crippen LogP contribution in [-0.2, 0) is 6.42 Å². The first-order chi connectivity index (χ1) is 9.11. The molecule has 1 aromatic carbocycles. The minimum Gasteiger partial charge on any atom is -0.496 e. The van der Waals surface area contributed by atoms with Crippen molar-refractivity contribution in [2.75, 3.05) is 12.8 Å². The summed E-state index contributed by atoms with van der Waals surface area (Å²) in [4.78, 5) is 4.08. The summed E-state index contributed by atoms with van der Waals surface area (Å²) in [6.45, 7) is 2.02. The summed E-state index contributed by atoms with van der Waals surface area (Å²) in [5, 5.41) is 0. The van der Waals surface area contributed by atoms with E-state index in [1.54, 1.807) is 25.6 Å². The smallest absolute Gasteiger partial charge is 0.123 e. The fraction of sp³-hybridized carbons (Fsp3) is 0.267. The molecule has 0 amide bonds. The minimum absolute atomic E-state index is 0.165. The van der Waals surface area contributed by atoms with E-state index in [4.69, 9.17) is 16.2 Å². The van der Waals surface area contributed by atoms with E-state index in [1.807, 2.05) is 25.1 Å². The van der Waals surface area contributed by atoms with Crippen molar-refractivity contribution >= 4 is 5.69 Å². The number of hydrogen-bond donors (Lipinski definition) is 2. The van der Waals surface area contributed by atoms with Gasteiger partial charge in [0.05, 0.1) is 7.11 Å². The predicted molar refractivity (Wildman–Crippen MR) is 77.0 cm³/mol. The lowest BCUT2D eigenvalue weighted by molar-refractivity contribution is 0.405. The Labute approximate surface area is 113 Å². The Kier molecular flexibility index (Phi) is 4.02. The van der Waals surface area contributed by atoms with Crippen molar-refractivity contribution in [2.45, 2.75) is 19.4 Å². The van der Waals surface area contributed by atoms with E-state index >= 15 is 0 Å². The van der Waals surface area contributed by atoms with E-state index in [2.05, 4.69) is 4.98 Å². The summed E-state index contributed by atoms with van der Waals surface area (Å²) >= 11 is 0. The van der Waals surface area contributed by atoms with Crippen LogP contribution in [0.3, 0.4) is 0 Å². The zero-order valence-corrected chi connectivity index (χ0v) is 11.3. The van der Waals surface area contributed by atoms with E-state index in [0.717, 1.165) is 28.1 Å². The molecule has 0 aliphatic rings. The largest absolute Gasteiger partial charge is 0.496 e. The maximum Gasteiger partial charge on any atom is 0.123 e. The number of nitrogens with two attached hydrogens (primary N) is 2. The second-order valence-electron chi connectivity index (χ2n) is 4.63. The van der Waals surface area contributed by atoms with Gasteiger partial charge in [-0.3, -0.25) is 4.98 Å². The van der Waals surface area contributed by atoms with Crippen LogP contribution in [0.25, 0.3) is 0 Å². The molecule has 0 saturated heterocycles. The molecule has 2 aromatic rings. The van der Waals surface area contributed by atoms with Crippen LogP contribution in [0.4, 0.5) is 5.69 Å². The second-order valence-corrected chi connectivity index (χ2v) is 4.63. The Morgan fingerprint density at radius 3 is 2.79 bits per heavy atom. The van der Waals surface area contributed by atoms with E-state index in [0.29, 0.717) is 6.42 Å². The van der Waals surface area contributed by atoms with Gasteiger partial charge < -0.3 is 16.2 Å². The minimum atomic E-state index is -0.165. The first kappa shape index (κ1) is 13.4. The van der Waals surface area contributed by atoms with Crippen LogP contribution < -0.4 is 16.2 Å². The number of hydrogen-bond acceptors (Lipinski definition) is 4. The number of ether oxygens (including phenoxy) is 1. The molecule has 1 heterocycles. The normalized spacial score (nSPS) is 12.2. The van der Waals surface area contributed by atoms with Crippen LogP contribution in [0, 0.1) is 6.92 Å². The van der Waals surface area contributed by atoms with E-state index < -0.39 is 0 Å². The third-order valence-corrected chi connectivity index (χ3v) is 3.17. The Morgan fingerprint density at radius 1 is 1.32 bits per heavy atom. The lowest BCUT2D eigenvalue weighted by Crippen LogP contribution is -2.15. The molecule has 1 unspecified atom stereocenters. The lowest BCUT2D eigenvalue weighted by Gasteiger charge is -2.17. The van der Waals surface area contributed by atoms with Crippen molar-refractivity contribution in [1.82, 2.24) is 4.98 Å². The SMILES string of the molecule is COc1cc(C)ccc1C(N)Cc1cnccc1N. The Hall–Kier alpha value is -2.07. The summed E-state index contributed by atoms with van der Waals surface area (Å²) in [6, 6.07) is 7.65. The van der Waals surface area contributed by atoms with Gasteiger partial charge in [-0.05, 0) is 36.6 Å². The molecule has 0 aliphatic carbocycles. The van der Waals surface area contributed by atoms with E-state index in [1.165, 1.54) is 0 Å². The van der Waals surface area contributed by atoms with Gasteiger partial charge >= 0.3 is 0 Å². The number of aromatic nitrogens is 1. The zero-order valence-electron chi connectivity index (χ0n) is 11.3. The highest BCUT2D eigenvalue weighted by atomic mass is 16.5. The maximum atomic E-state index is 6.26.